The SMILES string of the molecule is CN(C)CCCOc1cnc(-c2cccc(Cn3c(=O)oc4cc(S(=O)(=O)CCO)ccc43)c2)nc1. The number of sulfone groups is 1. The second-order valence-electron chi connectivity index (χ2n) is 8.57. The first-order valence-electron chi connectivity index (χ1n) is 11.4. The lowest BCUT2D eigenvalue weighted by atomic mass is 10.1. The van der Waals surface area contributed by atoms with Crippen LogP contribution >= 0.6 is 0 Å². The molecule has 190 valence electrons. The first kappa shape index (κ1) is 25.5. The summed E-state index contributed by atoms with van der Waals surface area (Å²) < 4.78 is 36.9. The van der Waals surface area contributed by atoms with Crippen LogP contribution in [0.1, 0.15) is 12.0 Å². The first-order valence-corrected chi connectivity index (χ1v) is 13.1. The molecule has 0 aliphatic carbocycles. The third kappa shape index (κ3) is 5.99. The summed E-state index contributed by atoms with van der Waals surface area (Å²) >= 11 is 0. The lowest BCUT2D eigenvalue weighted by molar-refractivity contribution is 0.280. The van der Waals surface area contributed by atoms with Crippen molar-refractivity contribution in [1.82, 2.24) is 19.4 Å². The normalized spacial score (nSPS) is 11.9. The van der Waals surface area contributed by atoms with E-state index >= 15 is 0 Å². The number of rotatable bonds is 11. The van der Waals surface area contributed by atoms with E-state index in [0.717, 1.165) is 24.1 Å². The summed E-state index contributed by atoms with van der Waals surface area (Å²) in [5.74, 6) is 0.132. The van der Waals surface area contributed by atoms with Gasteiger partial charge in [-0.15, -0.1) is 0 Å². The Morgan fingerprint density at radius 2 is 1.89 bits per heavy atom. The molecule has 36 heavy (non-hydrogen) atoms. The number of aliphatic hydroxyl groups excluding tert-OH is 1. The predicted molar refractivity (Wildman–Crippen MR) is 135 cm³/mol. The minimum atomic E-state index is -3.66. The zero-order chi connectivity index (χ0) is 25.7. The minimum Gasteiger partial charge on any atom is -0.490 e. The fourth-order valence-electron chi connectivity index (χ4n) is 3.73. The third-order valence-electron chi connectivity index (χ3n) is 5.53. The average Bonchev–Trinajstić information content (AvgIpc) is 3.16. The summed E-state index contributed by atoms with van der Waals surface area (Å²) in [4.78, 5) is 23.4. The molecule has 2 aromatic heterocycles. The van der Waals surface area contributed by atoms with Crippen LogP contribution < -0.4 is 10.5 Å². The van der Waals surface area contributed by atoms with Crippen molar-refractivity contribution in [1.29, 1.82) is 0 Å². The first-order chi connectivity index (χ1) is 17.3. The molecule has 0 amide bonds. The van der Waals surface area contributed by atoms with Gasteiger partial charge in [0, 0.05) is 18.2 Å². The van der Waals surface area contributed by atoms with Crippen LogP contribution in [0.2, 0.25) is 0 Å². The lowest BCUT2D eigenvalue weighted by Crippen LogP contribution is -2.15. The van der Waals surface area contributed by atoms with Crippen LogP contribution in [0.4, 0.5) is 0 Å². The molecule has 2 aromatic carbocycles. The van der Waals surface area contributed by atoms with Crippen LogP contribution in [0.25, 0.3) is 22.5 Å². The number of aliphatic hydroxyl groups is 1. The van der Waals surface area contributed by atoms with Crippen LogP contribution in [-0.2, 0) is 16.4 Å². The van der Waals surface area contributed by atoms with E-state index in [9.17, 15) is 13.2 Å². The van der Waals surface area contributed by atoms with Gasteiger partial charge < -0.3 is 19.2 Å². The molecule has 0 saturated heterocycles. The lowest BCUT2D eigenvalue weighted by Gasteiger charge is -2.10. The number of nitrogens with zero attached hydrogens (tertiary/aromatic N) is 4. The molecule has 4 aromatic rings. The van der Waals surface area contributed by atoms with Gasteiger partial charge in [0.25, 0.3) is 0 Å². The van der Waals surface area contributed by atoms with Gasteiger partial charge in [-0.05, 0) is 44.3 Å². The van der Waals surface area contributed by atoms with Crippen LogP contribution in [0, 0.1) is 0 Å². The maximum absolute atomic E-state index is 12.5. The zero-order valence-electron chi connectivity index (χ0n) is 20.1. The highest BCUT2D eigenvalue weighted by Crippen LogP contribution is 2.22. The molecule has 0 aliphatic heterocycles. The molecule has 0 spiro atoms. The van der Waals surface area contributed by atoms with E-state index in [1.54, 1.807) is 12.4 Å². The number of fused-ring (bicyclic) bond motifs is 1. The van der Waals surface area contributed by atoms with E-state index < -0.39 is 28.0 Å². The Kier molecular flexibility index (Phi) is 7.82. The Hall–Kier alpha value is -3.54. The highest BCUT2D eigenvalue weighted by atomic mass is 32.2. The van der Waals surface area contributed by atoms with Gasteiger partial charge >= 0.3 is 5.76 Å². The highest BCUT2D eigenvalue weighted by Gasteiger charge is 2.18. The zero-order valence-corrected chi connectivity index (χ0v) is 20.9. The highest BCUT2D eigenvalue weighted by molar-refractivity contribution is 7.91. The van der Waals surface area contributed by atoms with E-state index in [2.05, 4.69) is 14.9 Å². The van der Waals surface area contributed by atoms with Crippen molar-refractivity contribution < 1.29 is 22.7 Å². The molecular weight excluding hydrogens is 484 g/mol. The molecule has 0 aliphatic rings. The van der Waals surface area contributed by atoms with Gasteiger partial charge in [0.1, 0.15) is 0 Å². The van der Waals surface area contributed by atoms with E-state index in [1.165, 1.54) is 22.8 Å². The Morgan fingerprint density at radius 3 is 2.61 bits per heavy atom. The molecular formula is C25H28N4O6S. The molecule has 0 bridgehead atoms. The molecule has 2 heterocycles. The van der Waals surface area contributed by atoms with Crippen LogP contribution in [0.3, 0.4) is 0 Å². The van der Waals surface area contributed by atoms with Gasteiger partial charge in [-0.2, -0.15) is 0 Å². The van der Waals surface area contributed by atoms with Crippen molar-refractivity contribution >= 4 is 20.9 Å². The van der Waals surface area contributed by atoms with Crippen LogP contribution in [0.5, 0.6) is 5.75 Å². The van der Waals surface area contributed by atoms with Gasteiger partial charge in [0.15, 0.2) is 27.0 Å². The molecule has 0 fully saturated rings. The van der Waals surface area contributed by atoms with Gasteiger partial charge in [0.05, 0.1) is 48.3 Å². The molecule has 0 saturated carbocycles. The number of oxazole rings is 1. The van der Waals surface area contributed by atoms with Crippen molar-refractivity contribution in [2.24, 2.45) is 0 Å². The third-order valence-corrected chi connectivity index (χ3v) is 7.22. The Bertz CT molecular complexity index is 1490. The molecule has 10 nitrogen and oxygen atoms in total. The van der Waals surface area contributed by atoms with Crippen LogP contribution in [-0.4, -0.2) is 72.6 Å². The largest absolute Gasteiger partial charge is 0.490 e. The van der Waals surface area contributed by atoms with Crippen LogP contribution in [0.15, 0.2) is 69.0 Å². The number of hydrogen-bond donors (Lipinski definition) is 1. The second kappa shape index (κ2) is 11.0. The van der Waals surface area contributed by atoms with Crippen molar-refractivity contribution in [3.8, 4) is 17.1 Å². The minimum absolute atomic E-state index is 0.00535. The van der Waals surface area contributed by atoms with E-state index in [-0.39, 0.29) is 17.0 Å². The maximum atomic E-state index is 12.5. The number of hydrogen-bond acceptors (Lipinski definition) is 9. The topological polar surface area (TPSA) is 128 Å². The fourth-order valence-corrected chi connectivity index (χ4v) is 4.77. The van der Waals surface area contributed by atoms with Crippen molar-refractivity contribution in [3.63, 3.8) is 0 Å². The molecule has 0 atom stereocenters. The Morgan fingerprint density at radius 1 is 1.11 bits per heavy atom. The molecule has 11 heteroatoms. The number of aromatic nitrogens is 3. The van der Waals surface area contributed by atoms with Gasteiger partial charge in [-0.3, -0.25) is 4.57 Å². The van der Waals surface area contributed by atoms with Gasteiger partial charge in [-0.1, -0.05) is 18.2 Å². The van der Waals surface area contributed by atoms with Crippen molar-refractivity contribution in [2.45, 2.75) is 17.9 Å². The number of benzene rings is 2. The van der Waals surface area contributed by atoms with Gasteiger partial charge in [0.2, 0.25) is 0 Å². The van der Waals surface area contributed by atoms with E-state index in [4.69, 9.17) is 14.3 Å². The monoisotopic (exact) mass is 512 g/mol. The predicted octanol–water partition coefficient (Wildman–Crippen LogP) is 2.20. The molecule has 4 rings (SSSR count). The number of ether oxygens (including phenoxy) is 1. The summed E-state index contributed by atoms with van der Waals surface area (Å²) in [6, 6.07) is 11.8. The average molecular weight is 513 g/mol. The summed E-state index contributed by atoms with van der Waals surface area (Å²) in [5.41, 5.74) is 2.24. The Balaban J connectivity index is 1.51. The molecule has 1 N–H and O–H groups in total. The van der Waals surface area contributed by atoms with E-state index in [0.29, 0.717) is 23.7 Å². The summed E-state index contributed by atoms with van der Waals surface area (Å²) in [5, 5.41) is 8.99. The molecule has 0 radical (unpaired) electrons. The van der Waals surface area contributed by atoms with Crippen molar-refractivity contribution in [3.05, 3.63) is 71.0 Å². The summed E-state index contributed by atoms with van der Waals surface area (Å²) in [6.07, 6.45) is 4.18. The quantitative estimate of drug-likeness (QED) is 0.301. The van der Waals surface area contributed by atoms with Crippen molar-refractivity contribution in [2.75, 3.05) is 39.6 Å². The van der Waals surface area contributed by atoms with Gasteiger partial charge in [-0.25, -0.2) is 23.2 Å². The smallest absolute Gasteiger partial charge is 0.420 e. The fraction of sp³-hybridized carbons (Fsp3) is 0.320. The molecule has 0 unspecified atom stereocenters. The Labute approximate surface area is 208 Å². The summed E-state index contributed by atoms with van der Waals surface area (Å²) in [7, 11) is 0.369. The summed E-state index contributed by atoms with van der Waals surface area (Å²) in [6.45, 7) is 1.25. The second-order valence-corrected chi connectivity index (χ2v) is 10.7. The standard InChI is InChI=1S/C25H28N4O6S/c1-28(2)9-4-11-34-20-15-26-24(27-16-20)19-6-3-5-18(13-19)17-29-22-8-7-21(36(32,33)12-10-30)14-23(22)35-25(29)31/h3,5-8,13-16,30H,4,9-12,17H2,1-2H3. The maximum Gasteiger partial charge on any atom is 0.420 e. The van der Waals surface area contributed by atoms with E-state index in [1.807, 2.05) is 38.4 Å².